The van der Waals surface area contributed by atoms with E-state index in [0.717, 1.165) is 12.1 Å². The molecule has 6 nitrogen and oxygen atoms in total. The average Bonchev–Trinajstić information content (AvgIpc) is 3.16. The number of benzene rings is 2. The Balaban J connectivity index is 1.78. The van der Waals surface area contributed by atoms with Gasteiger partial charge in [-0.05, 0) is 50.1 Å². The van der Waals surface area contributed by atoms with Crippen molar-refractivity contribution in [1.29, 1.82) is 0 Å². The maximum atomic E-state index is 14.0. The number of carbonyl (C=O) groups is 2. The van der Waals surface area contributed by atoms with Gasteiger partial charge < -0.3 is 10.2 Å². The number of carbonyl (C=O) groups excluding carboxylic acids is 2. The Kier molecular flexibility index (Phi) is 7.19. The van der Waals surface area contributed by atoms with Crippen LogP contribution in [0.2, 0.25) is 5.02 Å². The molecule has 2 aromatic rings. The van der Waals surface area contributed by atoms with E-state index in [0.29, 0.717) is 12.8 Å². The summed E-state index contributed by atoms with van der Waals surface area (Å²) in [4.78, 5) is 27.4. The third-order valence-corrected chi connectivity index (χ3v) is 7.59. The second-order valence-corrected chi connectivity index (χ2v) is 10.3. The Hall–Kier alpha value is -2.52. The predicted molar refractivity (Wildman–Crippen MR) is 116 cm³/mol. The van der Waals surface area contributed by atoms with Crippen LogP contribution in [0.5, 0.6) is 0 Å². The van der Waals surface area contributed by atoms with E-state index < -0.39 is 39.3 Å². The monoisotopic (exact) mass is 484 g/mol. The molecule has 0 aromatic heterocycles. The summed E-state index contributed by atoms with van der Waals surface area (Å²) in [6, 6.07) is 6.41. The highest BCUT2D eigenvalue weighted by Crippen LogP contribution is 2.27. The zero-order valence-corrected chi connectivity index (χ0v) is 19.1. The lowest BCUT2D eigenvalue weighted by atomic mass is 10.1. The average molecular weight is 485 g/mol. The lowest BCUT2D eigenvalue weighted by Gasteiger charge is -2.28. The lowest BCUT2D eigenvalue weighted by Crippen LogP contribution is -2.48. The van der Waals surface area contributed by atoms with Gasteiger partial charge in [-0.25, -0.2) is 17.2 Å². The zero-order chi connectivity index (χ0) is 23.6. The molecule has 0 unspecified atom stereocenters. The lowest BCUT2D eigenvalue weighted by molar-refractivity contribution is -0.125. The molecule has 1 saturated heterocycles. The van der Waals surface area contributed by atoms with Crippen molar-refractivity contribution in [3.63, 3.8) is 0 Å². The summed E-state index contributed by atoms with van der Waals surface area (Å²) in [5.74, 6) is -2.62. The first-order valence-electron chi connectivity index (χ1n) is 10.1. The third-order valence-electron chi connectivity index (χ3n) is 5.57. The first kappa shape index (κ1) is 24.1. The second-order valence-electron chi connectivity index (χ2n) is 7.66. The molecule has 1 fully saturated rings. The molecule has 2 atom stereocenters. The van der Waals surface area contributed by atoms with Crippen LogP contribution in [0.4, 0.5) is 8.78 Å². The van der Waals surface area contributed by atoms with Crippen molar-refractivity contribution in [2.75, 3.05) is 5.75 Å². The molecule has 0 spiro atoms. The Morgan fingerprint density at radius 2 is 1.88 bits per heavy atom. The molecule has 0 radical (unpaired) electrons. The fourth-order valence-corrected chi connectivity index (χ4v) is 4.80. The molecule has 0 bridgehead atoms. The molecule has 1 aliphatic rings. The molecule has 2 aromatic carbocycles. The number of likely N-dealkylation sites (tertiary alicyclic amines) is 1. The summed E-state index contributed by atoms with van der Waals surface area (Å²) >= 11 is 5.54. The molecular formula is C22H23ClF2N2O4S. The highest BCUT2D eigenvalue weighted by Gasteiger charge is 2.39. The fourth-order valence-electron chi connectivity index (χ4n) is 3.72. The SMILES string of the molecule is CCS(=O)(=O)c1cccc(C(=O)N2[C@H](C)CC[C@@H]2C(=O)NCc2cc(F)c(Cl)cc2F)c1. The molecule has 0 aliphatic carbocycles. The predicted octanol–water partition coefficient (Wildman–Crippen LogP) is 3.72. The molecule has 10 heteroatoms. The molecule has 1 aliphatic heterocycles. The maximum absolute atomic E-state index is 14.0. The van der Waals surface area contributed by atoms with Gasteiger partial charge in [0.15, 0.2) is 9.84 Å². The fraction of sp³-hybridized carbons (Fsp3) is 0.364. The van der Waals surface area contributed by atoms with Crippen LogP contribution < -0.4 is 5.32 Å². The van der Waals surface area contributed by atoms with E-state index >= 15 is 0 Å². The van der Waals surface area contributed by atoms with Crippen LogP contribution in [0.15, 0.2) is 41.3 Å². The van der Waals surface area contributed by atoms with E-state index in [4.69, 9.17) is 11.6 Å². The normalized spacial score (nSPS) is 18.6. The molecular weight excluding hydrogens is 462 g/mol. The smallest absolute Gasteiger partial charge is 0.254 e. The largest absolute Gasteiger partial charge is 0.350 e. The first-order chi connectivity index (χ1) is 15.0. The molecule has 32 heavy (non-hydrogen) atoms. The summed E-state index contributed by atoms with van der Waals surface area (Å²) in [7, 11) is -3.50. The van der Waals surface area contributed by atoms with Gasteiger partial charge in [-0.3, -0.25) is 9.59 Å². The van der Waals surface area contributed by atoms with Crippen molar-refractivity contribution in [2.24, 2.45) is 0 Å². The van der Waals surface area contributed by atoms with Gasteiger partial charge in [-0.1, -0.05) is 24.6 Å². The molecule has 0 saturated carbocycles. The number of hydrogen-bond acceptors (Lipinski definition) is 4. The summed E-state index contributed by atoms with van der Waals surface area (Å²) in [6.45, 7) is 3.05. The number of halogens is 3. The van der Waals surface area contributed by atoms with Crippen molar-refractivity contribution in [3.8, 4) is 0 Å². The van der Waals surface area contributed by atoms with Gasteiger partial charge >= 0.3 is 0 Å². The van der Waals surface area contributed by atoms with Crippen LogP contribution >= 0.6 is 11.6 Å². The Morgan fingerprint density at radius 1 is 1.16 bits per heavy atom. The minimum atomic E-state index is -3.50. The van der Waals surface area contributed by atoms with Crippen molar-refractivity contribution in [2.45, 2.75) is 50.2 Å². The highest BCUT2D eigenvalue weighted by molar-refractivity contribution is 7.91. The van der Waals surface area contributed by atoms with Crippen LogP contribution in [-0.2, 0) is 21.2 Å². The quantitative estimate of drug-likeness (QED) is 0.633. The minimum absolute atomic E-state index is 0.0407. The molecule has 1 heterocycles. The van der Waals surface area contributed by atoms with Crippen LogP contribution in [0.1, 0.15) is 42.6 Å². The number of nitrogens with one attached hydrogen (secondary N) is 1. The van der Waals surface area contributed by atoms with Gasteiger partial charge in [0.25, 0.3) is 5.91 Å². The Bertz CT molecular complexity index is 1160. The molecule has 172 valence electrons. The van der Waals surface area contributed by atoms with Gasteiger partial charge in [0.1, 0.15) is 17.7 Å². The van der Waals surface area contributed by atoms with Gasteiger partial charge in [0.2, 0.25) is 5.91 Å². The number of sulfone groups is 1. The van der Waals surface area contributed by atoms with Gasteiger partial charge in [0, 0.05) is 23.7 Å². The van der Waals surface area contributed by atoms with Crippen LogP contribution in [0.3, 0.4) is 0 Å². The Labute approximate surface area is 190 Å². The van der Waals surface area contributed by atoms with Gasteiger partial charge in [0.05, 0.1) is 15.7 Å². The summed E-state index contributed by atoms with van der Waals surface area (Å²) in [6.07, 6.45) is 0.962. The third kappa shape index (κ3) is 4.94. The molecule has 3 rings (SSSR count). The molecule has 2 amide bonds. The topological polar surface area (TPSA) is 83.6 Å². The second kappa shape index (κ2) is 9.54. The summed E-state index contributed by atoms with van der Waals surface area (Å²) in [5, 5.41) is 2.20. The maximum Gasteiger partial charge on any atom is 0.254 e. The number of nitrogens with zero attached hydrogens (tertiary/aromatic N) is 1. The van der Waals surface area contributed by atoms with Gasteiger partial charge in [-0.15, -0.1) is 0 Å². The number of amides is 2. The van der Waals surface area contributed by atoms with Crippen molar-refractivity contribution in [1.82, 2.24) is 10.2 Å². The Morgan fingerprint density at radius 3 is 2.56 bits per heavy atom. The highest BCUT2D eigenvalue weighted by atomic mass is 35.5. The standard InChI is InChI=1S/C22H23ClF2N2O4S/c1-3-32(30,31)16-6-4-5-14(9-16)22(29)27-13(2)7-8-20(27)21(28)26-12-15-10-19(25)17(23)11-18(15)24/h4-6,9-11,13,20H,3,7-8,12H2,1-2H3,(H,26,28)/t13-,20-/m1/s1. The molecule has 1 N–H and O–H groups in total. The van der Waals surface area contributed by atoms with Gasteiger partial charge in [-0.2, -0.15) is 0 Å². The van der Waals surface area contributed by atoms with E-state index in [2.05, 4.69) is 5.32 Å². The van der Waals surface area contributed by atoms with Crippen molar-refractivity contribution in [3.05, 3.63) is 64.2 Å². The first-order valence-corrected chi connectivity index (χ1v) is 12.1. The van der Waals surface area contributed by atoms with Crippen molar-refractivity contribution < 1.29 is 26.8 Å². The van der Waals surface area contributed by atoms with Crippen LogP contribution in [0.25, 0.3) is 0 Å². The van der Waals surface area contributed by atoms with Crippen LogP contribution in [0, 0.1) is 11.6 Å². The van der Waals surface area contributed by atoms with Crippen LogP contribution in [-0.4, -0.2) is 43.0 Å². The number of hydrogen-bond donors (Lipinski definition) is 1. The van der Waals surface area contributed by atoms with E-state index in [1.54, 1.807) is 6.92 Å². The van der Waals surface area contributed by atoms with E-state index in [1.165, 1.54) is 36.1 Å². The van der Waals surface area contributed by atoms with E-state index in [1.807, 2.05) is 0 Å². The minimum Gasteiger partial charge on any atom is -0.350 e. The van der Waals surface area contributed by atoms with E-state index in [-0.39, 0.29) is 39.4 Å². The van der Waals surface area contributed by atoms with Crippen molar-refractivity contribution >= 4 is 33.3 Å². The summed E-state index contributed by atoms with van der Waals surface area (Å²) in [5.41, 5.74) is 0.0959. The zero-order valence-electron chi connectivity index (χ0n) is 17.6. The summed E-state index contributed by atoms with van der Waals surface area (Å²) < 4.78 is 52.0. The number of rotatable bonds is 6. The van der Waals surface area contributed by atoms with E-state index in [9.17, 15) is 26.8 Å².